The van der Waals surface area contributed by atoms with Gasteiger partial charge < -0.3 is 19.6 Å². The number of methoxy groups -OCH3 is 1. The van der Waals surface area contributed by atoms with Crippen LogP contribution in [0, 0.1) is 0 Å². The van der Waals surface area contributed by atoms with Gasteiger partial charge in [0, 0.05) is 39.3 Å². The third-order valence-electron chi connectivity index (χ3n) is 5.48. The van der Waals surface area contributed by atoms with Crippen molar-refractivity contribution in [1.29, 1.82) is 0 Å². The van der Waals surface area contributed by atoms with Crippen molar-refractivity contribution >= 4 is 18.3 Å². The Balaban J connectivity index is 0.000000941. The number of para-hydroxylation sites is 1. The minimum atomic E-state index is -0.250. The highest BCUT2D eigenvalue weighted by Gasteiger charge is 2.30. The number of ether oxygens (including phenoxy) is 1. The smallest absolute Gasteiger partial charge is 0.290 e. The van der Waals surface area contributed by atoms with Crippen LogP contribution in [0.1, 0.15) is 36.5 Å². The largest absolute Gasteiger partial charge is 0.496 e. The van der Waals surface area contributed by atoms with Gasteiger partial charge in [0.15, 0.2) is 0 Å². The van der Waals surface area contributed by atoms with Crippen molar-refractivity contribution in [3.05, 3.63) is 29.8 Å². The summed E-state index contributed by atoms with van der Waals surface area (Å²) >= 11 is 0. The van der Waals surface area contributed by atoms with Crippen molar-refractivity contribution in [3.63, 3.8) is 0 Å². The lowest BCUT2D eigenvalue weighted by atomic mass is 10.1. The topological polar surface area (TPSA) is 90.4 Å². The number of carbonyl (C=O) groups is 3. The molecule has 2 saturated heterocycles. The summed E-state index contributed by atoms with van der Waals surface area (Å²) in [5, 5.41) is 6.89. The van der Waals surface area contributed by atoms with E-state index < -0.39 is 0 Å². The van der Waals surface area contributed by atoms with Crippen LogP contribution in [-0.2, 0) is 9.59 Å². The van der Waals surface area contributed by atoms with Crippen LogP contribution in [0.2, 0.25) is 0 Å². The number of likely N-dealkylation sites (tertiary alicyclic amines) is 1. The van der Waals surface area contributed by atoms with Gasteiger partial charge in [-0.05, 0) is 38.3 Å². The van der Waals surface area contributed by atoms with E-state index in [2.05, 4.69) is 4.90 Å². The minimum absolute atomic E-state index is 0.00261. The number of carbonyl (C=O) groups excluding carboxylic acids is 2. The Labute approximate surface area is 172 Å². The fourth-order valence-electron chi connectivity index (χ4n) is 3.88. The van der Waals surface area contributed by atoms with Crippen molar-refractivity contribution in [3.8, 4) is 5.75 Å². The molecule has 29 heavy (non-hydrogen) atoms. The van der Waals surface area contributed by atoms with Crippen molar-refractivity contribution in [2.24, 2.45) is 0 Å². The number of carboxylic acid groups (broad SMARTS) is 1. The Morgan fingerprint density at radius 1 is 1.00 bits per heavy atom. The summed E-state index contributed by atoms with van der Waals surface area (Å²) in [6, 6.07) is 7.23. The first-order valence-electron chi connectivity index (χ1n) is 10.1. The molecule has 0 spiro atoms. The van der Waals surface area contributed by atoms with E-state index in [4.69, 9.17) is 14.6 Å². The van der Waals surface area contributed by atoms with E-state index in [1.165, 1.54) is 0 Å². The van der Waals surface area contributed by atoms with Crippen LogP contribution in [0.25, 0.3) is 0 Å². The number of hydrogen-bond donors (Lipinski definition) is 1. The Kier molecular flexibility index (Phi) is 8.92. The lowest BCUT2D eigenvalue weighted by molar-refractivity contribution is -0.135. The standard InChI is InChI=1S/C20H29N3O3.CH2O2/c1-16(19(24)22-10-5-6-11-22)21-12-7-13-23(15-14-21)20(25)17-8-3-4-9-18(17)26-2;2-1-3/h3-4,8-9,16H,5-7,10-15H2,1-2H3;1H,(H,2,3). The van der Waals surface area contributed by atoms with Crippen LogP contribution in [0.5, 0.6) is 5.75 Å². The summed E-state index contributed by atoms with van der Waals surface area (Å²) in [6.45, 7) is 6.42. The normalized spacial score (nSPS) is 18.3. The molecule has 160 valence electrons. The van der Waals surface area contributed by atoms with Gasteiger partial charge in [-0.3, -0.25) is 19.3 Å². The molecule has 1 aromatic carbocycles. The predicted octanol–water partition coefficient (Wildman–Crippen LogP) is 1.55. The van der Waals surface area contributed by atoms with Gasteiger partial charge in [-0.2, -0.15) is 0 Å². The summed E-state index contributed by atoms with van der Waals surface area (Å²) in [6.07, 6.45) is 3.10. The highest BCUT2D eigenvalue weighted by Crippen LogP contribution is 2.21. The quantitative estimate of drug-likeness (QED) is 0.765. The first kappa shape index (κ1) is 22.7. The molecular formula is C21H31N3O5. The predicted molar refractivity (Wildman–Crippen MR) is 109 cm³/mol. The van der Waals surface area contributed by atoms with Crippen molar-refractivity contribution in [1.82, 2.24) is 14.7 Å². The molecule has 1 unspecified atom stereocenters. The number of amides is 2. The maximum atomic E-state index is 12.9. The van der Waals surface area contributed by atoms with E-state index in [0.29, 0.717) is 24.4 Å². The second-order valence-corrected chi connectivity index (χ2v) is 7.20. The molecule has 1 N–H and O–H groups in total. The Hall–Kier alpha value is -2.61. The first-order valence-corrected chi connectivity index (χ1v) is 10.1. The molecule has 2 aliphatic heterocycles. The maximum Gasteiger partial charge on any atom is 0.290 e. The molecule has 0 radical (unpaired) electrons. The highest BCUT2D eigenvalue weighted by molar-refractivity contribution is 5.97. The van der Waals surface area contributed by atoms with Crippen molar-refractivity contribution in [2.45, 2.75) is 32.2 Å². The van der Waals surface area contributed by atoms with Gasteiger partial charge in [0.25, 0.3) is 12.4 Å². The average molecular weight is 405 g/mol. The van der Waals surface area contributed by atoms with Crippen LogP contribution in [0.4, 0.5) is 0 Å². The molecule has 0 aliphatic carbocycles. The zero-order valence-corrected chi connectivity index (χ0v) is 17.2. The average Bonchev–Trinajstić information content (AvgIpc) is 3.17. The van der Waals surface area contributed by atoms with Gasteiger partial charge in [-0.25, -0.2) is 0 Å². The number of rotatable bonds is 4. The lowest BCUT2D eigenvalue weighted by Gasteiger charge is -2.30. The van der Waals surface area contributed by atoms with Gasteiger partial charge in [-0.1, -0.05) is 12.1 Å². The molecule has 8 heteroatoms. The summed E-state index contributed by atoms with van der Waals surface area (Å²) < 4.78 is 5.33. The highest BCUT2D eigenvalue weighted by atomic mass is 16.5. The molecule has 0 bridgehead atoms. The number of hydrogen-bond acceptors (Lipinski definition) is 5. The number of benzene rings is 1. The van der Waals surface area contributed by atoms with Crippen molar-refractivity contribution in [2.75, 3.05) is 46.4 Å². The minimum Gasteiger partial charge on any atom is -0.496 e. The Bertz CT molecular complexity index is 691. The summed E-state index contributed by atoms with van der Waals surface area (Å²) in [7, 11) is 1.59. The molecule has 0 aromatic heterocycles. The van der Waals surface area contributed by atoms with Gasteiger partial charge in [-0.15, -0.1) is 0 Å². The van der Waals surface area contributed by atoms with Crippen LogP contribution in [0.3, 0.4) is 0 Å². The van der Waals surface area contributed by atoms with Gasteiger partial charge in [0.1, 0.15) is 5.75 Å². The van der Waals surface area contributed by atoms with E-state index in [-0.39, 0.29) is 24.3 Å². The van der Waals surface area contributed by atoms with E-state index in [9.17, 15) is 9.59 Å². The SMILES string of the molecule is COc1ccccc1C(=O)N1CCCN(C(C)C(=O)N2CCCC2)CC1.O=CO. The van der Waals surface area contributed by atoms with Crippen LogP contribution >= 0.6 is 0 Å². The molecule has 2 heterocycles. The summed E-state index contributed by atoms with van der Waals surface area (Å²) in [4.78, 5) is 40.0. The van der Waals surface area contributed by atoms with Crippen molar-refractivity contribution < 1.29 is 24.2 Å². The first-order chi connectivity index (χ1) is 14.0. The molecular weight excluding hydrogens is 374 g/mol. The maximum absolute atomic E-state index is 12.9. The van der Waals surface area contributed by atoms with E-state index in [1.807, 2.05) is 41.0 Å². The van der Waals surface area contributed by atoms with Crippen LogP contribution in [0.15, 0.2) is 24.3 Å². The summed E-state index contributed by atoms with van der Waals surface area (Å²) in [5.74, 6) is 0.839. The molecule has 0 saturated carbocycles. The van der Waals surface area contributed by atoms with Crippen LogP contribution in [-0.4, -0.2) is 90.5 Å². The molecule has 2 amide bonds. The van der Waals surface area contributed by atoms with E-state index in [1.54, 1.807) is 7.11 Å². The summed E-state index contributed by atoms with van der Waals surface area (Å²) in [5.41, 5.74) is 0.602. The van der Waals surface area contributed by atoms with Gasteiger partial charge >= 0.3 is 0 Å². The second-order valence-electron chi connectivity index (χ2n) is 7.20. The zero-order chi connectivity index (χ0) is 21.2. The molecule has 1 aromatic rings. The monoisotopic (exact) mass is 405 g/mol. The Morgan fingerprint density at radius 2 is 1.62 bits per heavy atom. The fraction of sp³-hybridized carbons (Fsp3) is 0.571. The van der Waals surface area contributed by atoms with Crippen LogP contribution < -0.4 is 4.74 Å². The molecule has 2 aliphatic rings. The second kappa shape index (κ2) is 11.4. The molecule has 2 fully saturated rings. The molecule has 3 rings (SSSR count). The van der Waals surface area contributed by atoms with E-state index in [0.717, 1.165) is 45.4 Å². The fourth-order valence-corrected chi connectivity index (χ4v) is 3.88. The molecule has 1 atom stereocenters. The zero-order valence-electron chi connectivity index (χ0n) is 17.2. The molecule has 8 nitrogen and oxygen atoms in total. The lowest BCUT2D eigenvalue weighted by Crippen LogP contribution is -2.47. The third kappa shape index (κ3) is 5.93. The number of nitrogens with zero attached hydrogens (tertiary/aromatic N) is 3. The van der Waals surface area contributed by atoms with E-state index >= 15 is 0 Å². The third-order valence-corrected chi connectivity index (χ3v) is 5.48. The van der Waals surface area contributed by atoms with Gasteiger partial charge in [0.2, 0.25) is 5.91 Å². The van der Waals surface area contributed by atoms with Gasteiger partial charge in [0.05, 0.1) is 18.7 Å². The Morgan fingerprint density at radius 3 is 2.28 bits per heavy atom.